The lowest BCUT2D eigenvalue weighted by atomic mass is 9.97. The maximum Gasteiger partial charge on any atom is 0.246 e. The van der Waals surface area contributed by atoms with Crippen LogP contribution in [0.5, 0.6) is 0 Å². The zero-order valence-corrected chi connectivity index (χ0v) is 12.7. The van der Waals surface area contributed by atoms with Gasteiger partial charge in [0.15, 0.2) is 5.76 Å². The van der Waals surface area contributed by atoms with E-state index in [-0.39, 0.29) is 4.90 Å². The Bertz CT molecular complexity index is 493. The standard InChI is InChI=1S/C11H19ClN2O3S/c1-5-11(4,6-7-12)14-18(15,16)10-8(2)13-17-9(10)3/h14H,5-7H2,1-4H3. The molecule has 1 aromatic rings. The third kappa shape index (κ3) is 3.24. The molecule has 0 aliphatic heterocycles. The Morgan fingerprint density at radius 1 is 1.44 bits per heavy atom. The fraction of sp³-hybridized carbons (Fsp3) is 0.727. The Morgan fingerprint density at radius 3 is 2.44 bits per heavy atom. The predicted molar refractivity (Wildman–Crippen MR) is 70.3 cm³/mol. The molecule has 0 amide bonds. The molecule has 0 fully saturated rings. The van der Waals surface area contributed by atoms with Gasteiger partial charge in [0.05, 0.1) is 0 Å². The third-order valence-corrected chi connectivity index (χ3v) is 5.11. The topological polar surface area (TPSA) is 72.2 Å². The molecule has 0 aliphatic rings. The van der Waals surface area contributed by atoms with Crippen molar-refractivity contribution >= 4 is 21.6 Å². The summed E-state index contributed by atoms with van der Waals surface area (Å²) >= 11 is 5.72. The molecule has 1 aromatic heterocycles. The normalized spacial score (nSPS) is 15.6. The Kier molecular flexibility index (Phi) is 4.80. The van der Waals surface area contributed by atoms with Crippen molar-refractivity contribution in [3.8, 4) is 0 Å². The third-order valence-electron chi connectivity index (χ3n) is 3.04. The number of nitrogens with one attached hydrogen (secondary N) is 1. The Hall–Kier alpha value is -0.590. The highest BCUT2D eigenvalue weighted by atomic mass is 35.5. The van der Waals surface area contributed by atoms with Crippen molar-refractivity contribution in [3.05, 3.63) is 11.5 Å². The highest BCUT2D eigenvalue weighted by molar-refractivity contribution is 7.89. The predicted octanol–water partition coefficient (Wildman–Crippen LogP) is 2.37. The molecule has 0 saturated carbocycles. The van der Waals surface area contributed by atoms with Crippen LogP contribution < -0.4 is 4.72 Å². The van der Waals surface area contributed by atoms with Crippen molar-refractivity contribution in [2.24, 2.45) is 0 Å². The summed E-state index contributed by atoms with van der Waals surface area (Å²) in [5.74, 6) is 0.693. The molecule has 1 heterocycles. The van der Waals surface area contributed by atoms with Gasteiger partial charge in [0.25, 0.3) is 0 Å². The number of sulfonamides is 1. The Morgan fingerprint density at radius 2 is 2.06 bits per heavy atom. The maximum atomic E-state index is 12.3. The minimum atomic E-state index is -3.64. The molecule has 0 bridgehead atoms. The summed E-state index contributed by atoms with van der Waals surface area (Å²) in [5.41, 5.74) is -0.194. The summed E-state index contributed by atoms with van der Waals surface area (Å²) < 4.78 is 32.2. The molecule has 0 saturated heterocycles. The average molecular weight is 295 g/mol. The van der Waals surface area contributed by atoms with Crippen LogP contribution in [-0.4, -0.2) is 25.0 Å². The van der Waals surface area contributed by atoms with Gasteiger partial charge in [0.2, 0.25) is 10.0 Å². The first-order valence-corrected chi connectivity index (χ1v) is 7.80. The van der Waals surface area contributed by atoms with Crippen LogP contribution in [0.3, 0.4) is 0 Å². The second kappa shape index (κ2) is 5.59. The lowest BCUT2D eigenvalue weighted by Gasteiger charge is -2.28. The lowest BCUT2D eigenvalue weighted by molar-refractivity contribution is 0.385. The van der Waals surface area contributed by atoms with Gasteiger partial charge in [0, 0.05) is 11.4 Å². The number of alkyl halides is 1. The van der Waals surface area contributed by atoms with Crippen LogP contribution in [0, 0.1) is 13.8 Å². The van der Waals surface area contributed by atoms with Gasteiger partial charge < -0.3 is 4.52 Å². The molecule has 1 rings (SSSR count). The lowest BCUT2D eigenvalue weighted by Crippen LogP contribution is -2.45. The van der Waals surface area contributed by atoms with Crippen LogP contribution in [0.25, 0.3) is 0 Å². The van der Waals surface area contributed by atoms with Crippen LogP contribution in [0.15, 0.2) is 9.42 Å². The van der Waals surface area contributed by atoms with Gasteiger partial charge in [-0.1, -0.05) is 12.1 Å². The maximum absolute atomic E-state index is 12.3. The molecule has 5 nitrogen and oxygen atoms in total. The van der Waals surface area contributed by atoms with Gasteiger partial charge >= 0.3 is 0 Å². The molecule has 1 unspecified atom stereocenters. The van der Waals surface area contributed by atoms with E-state index >= 15 is 0 Å². The second-order valence-electron chi connectivity index (χ2n) is 4.61. The molecule has 7 heteroatoms. The molecule has 0 aliphatic carbocycles. The van der Waals surface area contributed by atoms with Crippen LogP contribution >= 0.6 is 11.6 Å². The van der Waals surface area contributed by atoms with Crippen molar-refractivity contribution in [1.29, 1.82) is 0 Å². The van der Waals surface area contributed by atoms with Gasteiger partial charge in [-0.3, -0.25) is 0 Å². The van der Waals surface area contributed by atoms with Crippen molar-refractivity contribution in [2.45, 2.75) is 51.0 Å². The summed E-state index contributed by atoms with van der Waals surface area (Å²) in [6.45, 7) is 6.95. The highest BCUT2D eigenvalue weighted by Crippen LogP contribution is 2.23. The first kappa shape index (κ1) is 15.5. The van der Waals surface area contributed by atoms with Gasteiger partial charge in [0.1, 0.15) is 10.6 Å². The van der Waals surface area contributed by atoms with E-state index in [1.54, 1.807) is 13.8 Å². The average Bonchev–Trinajstić information content (AvgIpc) is 2.58. The van der Waals surface area contributed by atoms with Gasteiger partial charge in [-0.25, -0.2) is 13.1 Å². The first-order valence-electron chi connectivity index (χ1n) is 5.78. The van der Waals surface area contributed by atoms with E-state index in [0.29, 0.717) is 30.2 Å². The van der Waals surface area contributed by atoms with E-state index in [4.69, 9.17) is 16.1 Å². The Labute approximate surface area is 113 Å². The fourth-order valence-electron chi connectivity index (χ4n) is 1.74. The van der Waals surface area contributed by atoms with E-state index in [1.807, 2.05) is 13.8 Å². The highest BCUT2D eigenvalue weighted by Gasteiger charge is 2.32. The largest absolute Gasteiger partial charge is 0.360 e. The SMILES string of the molecule is CCC(C)(CCCl)NS(=O)(=O)c1c(C)noc1C. The molecule has 0 aromatic carbocycles. The van der Waals surface area contributed by atoms with Crippen LogP contribution in [0.1, 0.15) is 38.1 Å². The van der Waals surface area contributed by atoms with Crippen LogP contribution in [0.2, 0.25) is 0 Å². The molecular weight excluding hydrogens is 276 g/mol. The molecule has 0 radical (unpaired) electrons. The monoisotopic (exact) mass is 294 g/mol. The van der Waals surface area contributed by atoms with E-state index < -0.39 is 15.6 Å². The van der Waals surface area contributed by atoms with Crippen molar-refractivity contribution < 1.29 is 12.9 Å². The number of hydrogen-bond acceptors (Lipinski definition) is 4. The van der Waals surface area contributed by atoms with Gasteiger partial charge in [-0.2, -0.15) is 0 Å². The van der Waals surface area contributed by atoms with E-state index in [1.165, 1.54) is 0 Å². The molecule has 1 atom stereocenters. The van der Waals surface area contributed by atoms with Crippen LogP contribution in [-0.2, 0) is 10.0 Å². The van der Waals surface area contributed by atoms with E-state index in [2.05, 4.69) is 9.88 Å². The molecule has 0 spiro atoms. The van der Waals surface area contributed by atoms with Crippen molar-refractivity contribution in [3.63, 3.8) is 0 Å². The molecular formula is C11H19ClN2O3S. The van der Waals surface area contributed by atoms with Gasteiger partial charge in [-0.15, -0.1) is 11.6 Å². The quantitative estimate of drug-likeness (QED) is 0.818. The second-order valence-corrected chi connectivity index (χ2v) is 6.61. The summed E-state index contributed by atoms with van der Waals surface area (Å²) in [7, 11) is -3.64. The smallest absolute Gasteiger partial charge is 0.246 e. The van der Waals surface area contributed by atoms with Crippen LogP contribution in [0.4, 0.5) is 0 Å². The zero-order valence-electron chi connectivity index (χ0n) is 11.1. The fourth-order valence-corrected chi connectivity index (χ4v) is 4.00. The molecule has 1 N–H and O–H groups in total. The summed E-state index contributed by atoms with van der Waals surface area (Å²) in [4.78, 5) is 0.122. The summed E-state index contributed by atoms with van der Waals surface area (Å²) in [6, 6.07) is 0. The van der Waals surface area contributed by atoms with Crippen molar-refractivity contribution in [1.82, 2.24) is 9.88 Å². The number of aryl methyl sites for hydroxylation is 2. The van der Waals surface area contributed by atoms with E-state index in [9.17, 15) is 8.42 Å². The van der Waals surface area contributed by atoms with Crippen molar-refractivity contribution in [2.75, 3.05) is 5.88 Å². The van der Waals surface area contributed by atoms with E-state index in [0.717, 1.165) is 0 Å². The number of nitrogens with zero attached hydrogens (tertiary/aromatic N) is 1. The molecule has 104 valence electrons. The first-order chi connectivity index (χ1) is 8.25. The summed E-state index contributed by atoms with van der Waals surface area (Å²) in [5, 5.41) is 3.66. The minimum absolute atomic E-state index is 0.122. The number of hydrogen-bond donors (Lipinski definition) is 1. The Balaban J connectivity index is 3.09. The zero-order chi connectivity index (χ0) is 14.0. The number of rotatable bonds is 6. The number of halogens is 1. The minimum Gasteiger partial charge on any atom is -0.360 e. The molecule has 18 heavy (non-hydrogen) atoms. The van der Waals surface area contributed by atoms with Gasteiger partial charge in [-0.05, 0) is 33.6 Å². The summed E-state index contributed by atoms with van der Waals surface area (Å²) in [6.07, 6.45) is 1.22. The number of aromatic nitrogens is 1.